The van der Waals surface area contributed by atoms with E-state index in [9.17, 15) is 4.79 Å². The summed E-state index contributed by atoms with van der Waals surface area (Å²) in [6, 6.07) is 7.46. The van der Waals surface area contributed by atoms with Gasteiger partial charge in [0, 0.05) is 11.6 Å². The fourth-order valence-corrected chi connectivity index (χ4v) is 1.14. The maximum atomic E-state index is 10.9. The van der Waals surface area contributed by atoms with Gasteiger partial charge in [0.2, 0.25) is 0 Å². The molecule has 0 saturated carbocycles. The number of methoxy groups -OCH3 is 1. The van der Waals surface area contributed by atoms with Gasteiger partial charge in [-0.15, -0.1) is 0 Å². The first kappa shape index (κ1) is 12.9. The van der Waals surface area contributed by atoms with Crippen molar-refractivity contribution in [3.05, 3.63) is 24.3 Å². The van der Waals surface area contributed by atoms with E-state index in [-0.39, 0.29) is 0 Å². The Bertz CT molecular complexity index is 415. The average molecular weight is 233 g/mol. The van der Waals surface area contributed by atoms with Gasteiger partial charge in [0.05, 0.1) is 20.3 Å². The van der Waals surface area contributed by atoms with Gasteiger partial charge in [-0.1, -0.05) is 5.92 Å². The van der Waals surface area contributed by atoms with Crippen molar-refractivity contribution in [3.63, 3.8) is 0 Å². The smallest absolute Gasteiger partial charge is 0.384 e. The van der Waals surface area contributed by atoms with Crippen LogP contribution < -0.4 is 10.1 Å². The van der Waals surface area contributed by atoms with E-state index in [2.05, 4.69) is 21.9 Å². The molecule has 0 unspecified atom stereocenters. The predicted molar refractivity (Wildman–Crippen MR) is 65.9 cm³/mol. The summed E-state index contributed by atoms with van der Waals surface area (Å²) in [5, 5.41) is 3.06. The molecule has 4 heteroatoms. The van der Waals surface area contributed by atoms with E-state index in [1.165, 1.54) is 0 Å². The first-order valence-corrected chi connectivity index (χ1v) is 5.29. The molecule has 0 radical (unpaired) electrons. The molecule has 0 saturated heterocycles. The Morgan fingerprint density at radius 3 is 2.65 bits per heavy atom. The number of benzene rings is 1. The van der Waals surface area contributed by atoms with Crippen molar-refractivity contribution < 1.29 is 14.3 Å². The molecule has 1 rings (SSSR count). The summed E-state index contributed by atoms with van der Waals surface area (Å²) in [4.78, 5) is 10.9. The van der Waals surface area contributed by atoms with Crippen LogP contribution in [-0.2, 0) is 9.53 Å². The lowest BCUT2D eigenvalue weighted by Crippen LogP contribution is -2.02. The van der Waals surface area contributed by atoms with Crippen LogP contribution >= 0.6 is 0 Å². The summed E-state index contributed by atoms with van der Waals surface area (Å²) < 4.78 is 9.70. The number of carbonyl (C=O) groups is 1. The number of ether oxygens (including phenoxy) is 2. The third kappa shape index (κ3) is 4.94. The van der Waals surface area contributed by atoms with Crippen LogP contribution in [0.5, 0.6) is 5.75 Å². The number of hydrogen-bond donors (Lipinski definition) is 1. The molecule has 90 valence electrons. The molecule has 0 fully saturated rings. The molecule has 4 nitrogen and oxygen atoms in total. The van der Waals surface area contributed by atoms with E-state index >= 15 is 0 Å². The highest BCUT2D eigenvalue weighted by Crippen LogP contribution is 2.14. The van der Waals surface area contributed by atoms with E-state index in [1.54, 1.807) is 14.0 Å². The summed E-state index contributed by atoms with van der Waals surface area (Å²) in [5.41, 5.74) is 0.920. The molecule has 0 aromatic heterocycles. The molecule has 0 aliphatic heterocycles. The van der Waals surface area contributed by atoms with Gasteiger partial charge in [-0.3, -0.25) is 0 Å². The fourth-order valence-electron chi connectivity index (χ4n) is 1.14. The number of rotatable bonds is 4. The summed E-state index contributed by atoms with van der Waals surface area (Å²) in [7, 11) is 1.62. The van der Waals surface area contributed by atoms with Gasteiger partial charge >= 0.3 is 5.97 Å². The summed E-state index contributed by atoms with van der Waals surface area (Å²) >= 11 is 0. The largest absolute Gasteiger partial charge is 0.497 e. The molecule has 0 aliphatic carbocycles. The minimum absolute atomic E-state index is 0.347. The SMILES string of the molecule is CCOC(=O)C#CCNc1ccc(OC)cc1. The minimum Gasteiger partial charge on any atom is -0.497 e. The van der Waals surface area contributed by atoms with Crippen LogP contribution in [0.25, 0.3) is 0 Å². The van der Waals surface area contributed by atoms with Gasteiger partial charge in [-0.2, -0.15) is 0 Å². The number of esters is 1. The van der Waals surface area contributed by atoms with Gasteiger partial charge in [0.1, 0.15) is 5.75 Å². The highest BCUT2D eigenvalue weighted by Gasteiger charge is 1.93. The Hall–Kier alpha value is -2.15. The third-order valence-corrected chi connectivity index (χ3v) is 1.94. The van der Waals surface area contributed by atoms with Crippen molar-refractivity contribution in [2.24, 2.45) is 0 Å². The van der Waals surface area contributed by atoms with Crippen LogP contribution in [0.15, 0.2) is 24.3 Å². The normalized spacial score (nSPS) is 8.82. The standard InChI is InChI=1S/C13H15NO3/c1-3-17-13(15)5-4-10-14-11-6-8-12(16-2)9-7-11/h6-9,14H,3,10H2,1-2H3. The fraction of sp³-hybridized carbons (Fsp3) is 0.308. The Balaban J connectivity index is 2.37. The Kier molecular flexibility index (Phi) is 5.45. The second-order valence-electron chi connectivity index (χ2n) is 3.10. The molecule has 0 atom stereocenters. The number of carbonyl (C=O) groups excluding carboxylic acids is 1. The molecule has 0 amide bonds. The lowest BCUT2D eigenvalue weighted by atomic mass is 10.3. The Morgan fingerprint density at radius 2 is 2.06 bits per heavy atom. The number of hydrogen-bond acceptors (Lipinski definition) is 4. The van der Waals surface area contributed by atoms with E-state index in [0.717, 1.165) is 11.4 Å². The third-order valence-electron chi connectivity index (χ3n) is 1.94. The lowest BCUT2D eigenvalue weighted by Gasteiger charge is -2.03. The highest BCUT2D eigenvalue weighted by atomic mass is 16.5. The average Bonchev–Trinajstić information content (AvgIpc) is 2.36. The van der Waals surface area contributed by atoms with Gasteiger partial charge in [-0.25, -0.2) is 4.79 Å². The Labute approximate surface area is 101 Å². The van der Waals surface area contributed by atoms with Gasteiger partial charge < -0.3 is 14.8 Å². The first-order chi connectivity index (χ1) is 8.26. The zero-order valence-electron chi connectivity index (χ0n) is 9.95. The predicted octanol–water partition coefficient (Wildman–Crippen LogP) is 1.67. The highest BCUT2D eigenvalue weighted by molar-refractivity contribution is 5.88. The zero-order chi connectivity index (χ0) is 12.5. The summed E-state index contributed by atoms with van der Waals surface area (Å²) in [6.45, 7) is 2.49. The quantitative estimate of drug-likeness (QED) is 0.488. The minimum atomic E-state index is -0.496. The van der Waals surface area contributed by atoms with Gasteiger partial charge in [0.15, 0.2) is 0 Å². The molecule has 0 spiro atoms. The van der Waals surface area contributed by atoms with Gasteiger partial charge in [0.25, 0.3) is 0 Å². The monoisotopic (exact) mass is 233 g/mol. The van der Waals surface area contributed by atoms with Crippen molar-refractivity contribution in [3.8, 4) is 17.6 Å². The molecule has 0 heterocycles. The molecule has 0 bridgehead atoms. The molecule has 1 N–H and O–H groups in total. The van der Waals surface area contributed by atoms with Crippen LogP contribution in [0, 0.1) is 11.8 Å². The maximum Gasteiger partial charge on any atom is 0.384 e. The molecule has 17 heavy (non-hydrogen) atoms. The Morgan fingerprint density at radius 1 is 1.35 bits per heavy atom. The first-order valence-electron chi connectivity index (χ1n) is 5.29. The van der Waals surface area contributed by atoms with Crippen LogP contribution in [0.4, 0.5) is 5.69 Å². The summed E-state index contributed by atoms with van der Waals surface area (Å²) in [6.07, 6.45) is 0. The number of anilines is 1. The van der Waals surface area contributed by atoms with Crippen molar-refractivity contribution in [1.82, 2.24) is 0 Å². The van der Waals surface area contributed by atoms with Crippen molar-refractivity contribution in [2.75, 3.05) is 25.6 Å². The van der Waals surface area contributed by atoms with E-state index in [0.29, 0.717) is 13.2 Å². The van der Waals surface area contributed by atoms with Crippen molar-refractivity contribution >= 4 is 11.7 Å². The maximum absolute atomic E-state index is 10.9. The molecule has 1 aromatic carbocycles. The lowest BCUT2D eigenvalue weighted by molar-refractivity contribution is -0.136. The second kappa shape index (κ2) is 7.18. The molecule has 1 aromatic rings. The number of nitrogens with one attached hydrogen (secondary N) is 1. The van der Waals surface area contributed by atoms with Crippen LogP contribution in [0.3, 0.4) is 0 Å². The molecular weight excluding hydrogens is 218 g/mol. The van der Waals surface area contributed by atoms with E-state index in [1.807, 2.05) is 24.3 Å². The summed E-state index contributed by atoms with van der Waals surface area (Å²) in [5.74, 6) is 5.36. The van der Waals surface area contributed by atoms with Crippen molar-refractivity contribution in [2.45, 2.75) is 6.92 Å². The van der Waals surface area contributed by atoms with Crippen LogP contribution in [-0.4, -0.2) is 26.2 Å². The van der Waals surface area contributed by atoms with Crippen LogP contribution in [0.1, 0.15) is 6.92 Å². The van der Waals surface area contributed by atoms with Crippen molar-refractivity contribution in [1.29, 1.82) is 0 Å². The molecule has 0 aliphatic rings. The van der Waals surface area contributed by atoms with E-state index < -0.39 is 5.97 Å². The van der Waals surface area contributed by atoms with Crippen LogP contribution in [0.2, 0.25) is 0 Å². The molecular formula is C13H15NO3. The second-order valence-corrected chi connectivity index (χ2v) is 3.10. The van der Waals surface area contributed by atoms with E-state index in [4.69, 9.17) is 4.74 Å². The zero-order valence-corrected chi connectivity index (χ0v) is 9.95. The topological polar surface area (TPSA) is 47.6 Å². The van der Waals surface area contributed by atoms with Gasteiger partial charge in [-0.05, 0) is 31.2 Å².